The summed E-state index contributed by atoms with van der Waals surface area (Å²) in [7, 11) is 3.83. The van der Waals surface area contributed by atoms with Crippen molar-refractivity contribution in [1.82, 2.24) is 73.2 Å². The van der Waals surface area contributed by atoms with Crippen LogP contribution in [0.25, 0.3) is 83.9 Å². The van der Waals surface area contributed by atoms with Crippen LogP contribution in [0.5, 0.6) is 11.5 Å². The average Bonchev–Trinajstić information content (AvgIpc) is 0.743. The number of nitrogens with zero attached hydrogens (tertiary/aromatic N) is 17. The maximum Gasteiger partial charge on any atom is 0.355 e. The lowest BCUT2D eigenvalue weighted by Crippen LogP contribution is -2.56. The van der Waals surface area contributed by atoms with Gasteiger partial charge in [0.2, 0.25) is 17.7 Å². The molecule has 3 saturated heterocycles. The van der Waals surface area contributed by atoms with Crippen molar-refractivity contribution in [3.05, 3.63) is 258 Å². The summed E-state index contributed by atoms with van der Waals surface area (Å²) < 4.78 is 49.9. The number of likely N-dealkylation sites (tertiary alicyclic amines) is 1. The number of halogens is 5. The summed E-state index contributed by atoms with van der Waals surface area (Å²) in [4.78, 5) is 126. The molecule has 0 spiro atoms. The van der Waals surface area contributed by atoms with E-state index in [0.29, 0.717) is 132 Å². The summed E-state index contributed by atoms with van der Waals surface area (Å²) in [5.74, 6) is -2.06. The van der Waals surface area contributed by atoms with Gasteiger partial charge in [0.15, 0.2) is 22.8 Å². The molecule has 0 aliphatic carbocycles. The number of likely N-dealkylation sites (N-methyl/N-ethyl adjacent to an activating group) is 1. The molecular weight excluding hydrogens is 1610 g/mol. The first kappa shape index (κ1) is 87.8. The Kier molecular flexibility index (Phi) is 26.2. The van der Waals surface area contributed by atoms with Gasteiger partial charge in [-0.1, -0.05) is 126 Å². The number of nitrogens with one attached hydrogen (secondary N) is 1. The van der Waals surface area contributed by atoms with Crippen LogP contribution in [0.1, 0.15) is 107 Å². The lowest BCUT2D eigenvalue weighted by atomic mass is 10.0. The number of piperazine rings is 2. The zero-order valence-corrected chi connectivity index (χ0v) is 72.0. The van der Waals surface area contributed by atoms with Crippen LogP contribution >= 0.6 is 23.2 Å². The minimum atomic E-state index is -0.893. The lowest BCUT2D eigenvalue weighted by Gasteiger charge is -2.40. The third-order valence-corrected chi connectivity index (χ3v) is 22.5. The first-order valence-corrected chi connectivity index (χ1v) is 41.1. The Bertz CT molecular complexity index is 6390. The van der Waals surface area contributed by atoms with E-state index in [4.69, 9.17) is 33.2 Å². The van der Waals surface area contributed by atoms with E-state index in [9.17, 15) is 47.8 Å². The maximum atomic E-state index is 15.9. The number of para-hydroxylation sites is 1. The number of anilines is 3. The number of benzene rings is 4. The van der Waals surface area contributed by atoms with Gasteiger partial charge in [0.25, 0.3) is 0 Å². The van der Waals surface area contributed by atoms with Crippen molar-refractivity contribution in [2.45, 2.75) is 112 Å². The second-order valence-electron chi connectivity index (χ2n) is 31.9. The molecule has 4 aromatic carbocycles. The van der Waals surface area contributed by atoms with Crippen molar-refractivity contribution in [2.24, 2.45) is 0 Å². The number of hydrogen-bond acceptors (Lipinski definition) is 20. The molecule has 3 aliphatic rings. The van der Waals surface area contributed by atoms with Crippen molar-refractivity contribution in [3.8, 4) is 62.3 Å². The Labute approximate surface area is 718 Å². The third-order valence-electron chi connectivity index (χ3n) is 21.9. The minimum Gasteiger partial charge on any atom is -0.507 e. The number of carbonyl (C=O) groups excluding carboxylic acids is 3. The number of pyridine rings is 5. The average molecular weight is 1710 g/mol. The lowest BCUT2D eigenvalue weighted by molar-refractivity contribution is -0.130. The van der Waals surface area contributed by atoms with Gasteiger partial charge in [-0.3, -0.25) is 24.4 Å². The van der Waals surface area contributed by atoms with Crippen LogP contribution in [0.15, 0.2) is 180 Å². The monoisotopic (exact) mass is 1710 g/mol. The molecule has 0 saturated carbocycles. The van der Waals surface area contributed by atoms with E-state index in [-0.39, 0.29) is 98.1 Å². The van der Waals surface area contributed by atoms with Crippen LogP contribution in [-0.2, 0) is 14.4 Å². The van der Waals surface area contributed by atoms with E-state index in [2.05, 4.69) is 62.2 Å². The predicted octanol–water partition coefficient (Wildman–Crippen LogP) is 14.8. The van der Waals surface area contributed by atoms with Crippen LogP contribution in [0, 0.1) is 38.2 Å². The Balaban J connectivity index is 0.000000159. The highest BCUT2D eigenvalue weighted by molar-refractivity contribution is 6.34. The van der Waals surface area contributed by atoms with Gasteiger partial charge < -0.3 is 44.9 Å². The van der Waals surface area contributed by atoms with Crippen molar-refractivity contribution >= 4 is 91.5 Å². The van der Waals surface area contributed by atoms with E-state index in [1.165, 1.54) is 50.1 Å². The molecule has 26 nitrogen and oxygen atoms in total. The van der Waals surface area contributed by atoms with Gasteiger partial charge in [-0.25, -0.2) is 56.2 Å². The second kappa shape index (κ2) is 36.8. The zero-order valence-electron chi connectivity index (χ0n) is 70.5. The summed E-state index contributed by atoms with van der Waals surface area (Å²) in [6.07, 6.45) is 9.29. The molecule has 2 atom stereocenters. The summed E-state index contributed by atoms with van der Waals surface area (Å²) in [5.41, 5.74) is 5.85. The van der Waals surface area contributed by atoms with Crippen LogP contribution in [-0.4, -0.2) is 192 Å². The van der Waals surface area contributed by atoms with Gasteiger partial charge >= 0.3 is 17.1 Å². The normalized spacial score (nSPS) is 15.0. The molecule has 8 aromatic heterocycles. The molecule has 636 valence electrons. The number of aryl methyl sites for hydroxylation is 3. The predicted molar refractivity (Wildman–Crippen MR) is 476 cm³/mol. The second-order valence-corrected chi connectivity index (χ2v) is 32.8. The molecule has 0 bridgehead atoms. The van der Waals surface area contributed by atoms with Crippen LogP contribution in [0.4, 0.5) is 30.6 Å². The molecule has 12 aromatic rings. The number of fused-ring (bicyclic) bond motifs is 3. The van der Waals surface area contributed by atoms with Crippen LogP contribution in [0.3, 0.4) is 0 Å². The molecule has 15 rings (SSSR count). The third kappa shape index (κ3) is 17.9. The first-order chi connectivity index (χ1) is 58.7. The van der Waals surface area contributed by atoms with Gasteiger partial charge in [-0.2, -0.15) is 15.0 Å². The van der Waals surface area contributed by atoms with E-state index in [0.717, 1.165) is 28.3 Å². The molecular formula is C92H95Cl2F3N18O8. The Morgan fingerprint density at radius 2 is 1.04 bits per heavy atom. The number of phenols is 2. The summed E-state index contributed by atoms with van der Waals surface area (Å²) in [6.45, 7) is 32.6. The van der Waals surface area contributed by atoms with Gasteiger partial charge in [-0.15, -0.1) is 0 Å². The fourth-order valence-corrected chi connectivity index (χ4v) is 16.2. The highest BCUT2D eigenvalue weighted by atomic mass is 35.5. The van der Waals surface area contributed by atoms with Crippen LogP contribution in [0.2, 0.25) is 10.0 Å². The number of amides is 3. The van der Waals surface area contributed by atoms with Crippen molar-refractivity contribution < 1.29 is 37.8 Å². The number of aromatic hydroxyl groups is 2. The summed E-state index contributed by atoms with van der Waals surface area (Å²) in [6, 6.07) is 30.5. The zero-order chi connectivity index (χ0) is 88.4. The number of aromatic nitrogens is 11. The molecule has 123 heavy (non-hydrogen) atoms. The van der Waals surface area contributed by atoms with Crippen molar-refractivity contribution in [2.75, 3.05) is 88.1 Å². The van der Waals surface area contributed by atoms with Gasteiger partial charge in [0, 0.05) is 101 Å². The fourth-order valence-electron chi connectivity index (χ4n) is 15.7. The topological polar surface area (TPSA) is 292 Å². The van der Waals surface area contributed by atoms with Crippen LogP contribution < -0.4 is 32.2 Å². The molecule has 11 heterocycles. The number of hydrogen-bond donors (Lipinski definition) is 3. The highest BCUT2D eigenvalue weighted by Crippen LogP contribution is 2.42. The molecule has 3 amide bonds. The highest BCUT2D eigenvalue weighted by Gasteiger charge is 2.36. The standard InChI is InChI=1S/C33H37F2N7O3.C31H32ClN5O3.C28H26ClFN6O2/c1-19(2)28-30(20(3)12-13-36-28)42-32-22(17-24(35)29(37-32)27-23(34)9-7-10-25(27)43)31(38-33(42)45)41-16-15-40(18-21(41)4)26(44)11-8-14-39(5)6;1-6-27(39)35-13-14-36(20(5)17-35)29-23-16-24(32)28(22-12-11-19(4)15-26(22)38)33-30(23)37(31(40)34-29)25-10-8-7-9-21(25)18(2)3;1-5-22(37)35-13-17(14-35)32-26-19-12-20(29)24(18-8-6-7-9-21(18)30)33-27(19)36(28(38)34-26)25-16(4)10-11-31-23(25)15(2)3/h7-13,17,19,21,43H,14-16,18H2,1-6H3;6-12,15-16,18,20,38H,1,13-14,17H2,2-5H3;5-12,15,17H,1,13-14H2,2-4H3,(H,32,34,38)/b11-8+;;/t21-;20-;/m00./s1. The quantitative estimate of drug-likeness (QED) is 0.0673. The molecule has 3 N–H and O–H groups in total. The Morgan fingerprint density at radius 1 is 0.537 bits per heavy atom. The summed E-state index contributed by atoms with van der Waals surface area (Å²) in [5, 5.41) is 26.4. The Hall–Kier alpha value is -13.0. The SMILES string of the molecule is C=CC(=O)N1CC(Nc2nc(=O)n(-c3c(C)ccnc3C(C)C)c3nc(-c4ccccc4F)c(Cl)cc23)C1.C=CC(=O)N1CCN(c2nc(=O)n(-c3ccccc3C(C)C)c3nc(-c4ccc(C)cc4O)c(Cl)cc23)[C@@H](C)C1.Cc1ccnc(C(C)C)c1-n1c(=O)nc(N2CCN(C(=O)/C=C/CN(C)C)C[C@@H]2C)c2cc(F)c(-c3c(O)cccc3F)nc21. The van der Waals surface area contributed by atoms with E-state index < -0.39 is 51.5 Å². The fraction of sp³-hybridized carbons (Fsp3) is 0.304. The molecule has 31 heteroatoms. The minimum absolute atomic E-state index is 0.00588. The first-order valence-electron chi connectivity index (χ1n) is 40.3. The van der Waals surface area contributed by atoms with E-state index in [1.54, 1.807) is 87.8 Å². The Morgan fingerprint density at radius 3 is 1.59 bits per heavy atom. The van der Waals surface area contributed by atoms with Gasteiger partial charge in [-0.05, 0) is 174 Å². The van der Waals surface area contributed by atoms with Crippen molar-refractivity contribution in [3.63, 3.8) is 0 Å². The molecule has 3 fully saturated rings. The van der Waals surface area contributed by atoms with E-state index >= 15 is 4.39 Å². The maximum absolute atomic E-state index is 15.9. The summed E-state index contributed by atoms with van der Waals surface area (Å²) >= 11 is 13.5. The number of rotatable bonds is 18. The molecule has 3 aliphatic heterocycles. The largest absolute Gasteiger partial charge is 0.507 e. The molecule has 0 radical (unpaired) electrons. The van der Waals surface area contributed by atoms with Crippen molar-refractivity contribution in [1.29, 1.82) is 0 Å². The smallest absolute Gasteiger partial charge is 0.355 e. The number of carbonyl (C=O) groups is 3. The number of phenolic OH excluding ortho intramolecular Hbond substituents is 2. The van der Waals surface area contributed by atoms with E-state index in [1.807, 2.05) is 128 Å². The van der Waals surface area contributed by atoms with Gasteiger partial charge in [0.05, 0.1) is 77.6 Å². The van der Waals surface area contributed by atoms with Gasteiger partial charge in [0.1, 0.15) is 46.3 Å². The molecule has 0 unspecified atom stereocenters.